The van der Waals surface area contributed by atoms with Gasteiger partial charge in [0.15, 0.2) is 0 Å². The zero-order chi connectivity index (χ0) is 20.6. The summed E-state index contributed by atoms with van der Waals surface area (Å²) < 4.78 is 36.7. The Morgan fingerprint density at radius 2 is 1.70 bits per heavy atom. The second-order valence-corrected chi connectivity index (χ2v) is 8.15. The maximum atomic E-state index is 12.4. The third kappa shape index (κ3) is 7.30. The number of rotatable bonds is 11. The lowest BCUT2D eigenvalue weighted by molar-refractivity contribution is -0.150. The fourth-order valence-corrected chi connectivity index (χ4v) is 3.41. The van der Waals surface area contributed by atoms with E-state index in [4.69, 9.17) is 9.29 Å². The summed E-state index contributed by atoms with van der Waals surface area (Å²) in [6, 6.07) is 5.84. The van der Waals surface area contributed by atoms with Crippen LogP contribution in [-0.2, 0) is 24.4 Å². The van der Waals surface area contributed by atoms with Crippen LogP contribution in [-0.4, -0.2) is 36.6 Å². The van der Waals surface area contributed by atoms with Gasteiger partial charge in [-0.3, -0.25) is 14.1 Å². The number of carbonyl (C=O) groups excluding carboxylic acids is 1. The standard InChI is InChI=1S/C19H28O7S/c1-4-10-26-19(22)16(11-13(3)18(20)21)12-14(5-2)15-6-8-17(9-7-15)27(23,24)25/h6-9,13-14,16H,4-5,10-12H2,1-3H3,(H,20,21)(H,23,24,25). The fraction of sp³-hybridized carbons (Fsp3) is 0.579. The summed E-state index contributed by atoms with van der Waals surface area (Å²) in [6.45, 7) is 5.67. The summed E-state index contributed by atoms with van der Waals surface area (Å²) in [6.07, 6.45) is 1.95. The van der Waals surface area contributed by atoms with Crippen LogP contribution in [0.4, 0.5) is 0 Å². The van der Waals surface area contributed by atoms with Crippen LogP contribution < -0.4 is 0 Å². The minimum atomic E-state index is -4.26. The second kappa shape index (κ2) is 10.4. The lowest BCUT2D eigenvalue weighted by atomic mass is 9.83. The highest BCUT2D eigenvalue weighted by Crippen LogP contribution is 2.31. The van der Waals surface area contributed by atoms with Crippen molar-refractivity contribution < 1.29 is 32.4 Å². The molecule has 2 N–H and O–H groups in total. The summed E-state index contributed by atoms with van der Waals surface area (Å²) in [5.74, 6) is -2.68. The molecule has 8 heteroatoms. The first-order valence-electron chi connectivity index (χ1n) is 9.06. The molecule has 0 heterocycles. The molecule has 1 rings (SSSR count). The van der Waals surface area contributed by atoms with Crippen LogP contribution in [0.2, 0.25) is 0 Å². The highest BCUT2D eigenvalue weighted by atomic mass is 32.2. The van der Waals surface area contributed by atoms with Crippen LogP contribution in [0.15, 0.2) is 29.2 Å². The van der Waals surface area contributed by atoms with Crippen molar-refractivity contribution in [3.8, 4) is 0 Å². The van der Waals surface area contributed by atoms with Gasteiger partial charge in [0.1, 0.15) is 0 Å². The molecule has 152 valence electrons. The van der Waals surface area contributed by atoms with Crippen molar-refractivity contribution in [2.75, 3.05) is 6.61 Å². The molecule has 1 aromatic carbocycles. The number of hydrogen-bond donors (Lipinski definition) is 2. The Morgan fingerprint density at radius 3 is 2.15 bits per heavy atom. The molecule has 27 heavy (non-hydrogen) atoms. The second-order valence-electron chi connectivity index (χ2n) is 6.72. The molecular weight excluding hydrogens is 372 g/mol. The van der Waals surface area contributed by atoms with Crippen molar-refractivity contribution in [3.05, 3.63) is 29.8 Å². The number of esters is 1. The first-order valence-corrected chi connectivity index (χ1v) is 10.5. The van der Waals surface area contributed by atoms with Crippen molar-refractivity contribution in [1.29, 1.82) is 0 Å². The zero-order valence-electron chi connectivity index (χ0n) is 15.9. The molecule has 0 aliphatic carbocycles. The predicted octanol–water partition coefficient (Wildman–Crippen LogP) is 3.50. The predicted molar refractivity (Wildman–Crippen MR) is 100 cm³/mol. The van der Waals surface area contributed by atoms with Gasteiger partial charge in [0.25, 0.3) is 10.1 Å². The van der Waals surface area contributed by atoms with Gasteiger partial charge < -0.3 is 9.84 Å². The number of benzene rings is 1. The lowest BCUT2D eigenvalue weighted by Crippen LogP contribution is -2.25. The van der Waals surface area contributed by atoms with Gasteiger partial charge in [-0.15, -0.1) is 0 Å². The number of carbonyl (C=O) groups is 2. The Bertz CT molecular complexity index is 725. The average molecular weight is 400 g/mol. The van der Waals surface area contributed by atoms with E-state index in [9.17, 15) is 23.1 Å². The van der Waals surface area contributed by atoms with Crippen LogP contribution in [0, 0.1) is 11.8 Å². The van der Waals surface area contributed by atoms with Gasteiger partial charge in [0.2, 0.25) is 0 Å². The number of aliphatic carboxylic acids is 1. The number of ether oxygens (including phenoxy) is 1. The molecule has 0 spiro atoms. The molecule has 3 atom stereocenters. The highest BCUT2D eigenvalue weighted by molar-refractivity contribution is 7.85. The van der Waals surface area contributed by atoms with E-state index in [-0.39, 0.29) is 23.8 Å². The fourth-order valence-electron chi connectivity index (χ4n) is 2.93. The summed E-state index contributed by atoms with van der Waals surface area (Å²) >= 11 is 0. The molecular formula is C19H28O7S. The van der Waals surface area contributed by atoms with E-state index < -0.39 is 33.9 Å². The smallest absolute Gasteiger partial charge is 0.308 e. The molecule has 0 amide bonds. The SMILES string of the molecule is CCCOC(=O)C(CC(C)C(=O)O)CC(CC)c1ccc(S(=O)(=O)O)cc1. The molecule has 0 bridgehead atoms. The van der Waals surface area contributed by atoms with Crippen LogP contribution >= 0.6 is 0 Å². The van der Waals surface area contributed by atoms with Crippen LogP contribution in [0.1, 0.15) is 57.9 Å². The van der Waals surface area contributed by atoms with Gasteiger partial charge in [0, 0.05) is 0 Å². The monoisotopic (exact) mass is 400 g/mol. The molecule has 0 saturated heterocycles. The van der Waals surface area contributed by atoms with Crippen LogP contribution in [0.5, 0.6) is 0 Å². The van der Waals surface area contributed by atoms with E-state index in [0.717, 1.165) is 5.56 Å². The Balaban J connectivity index is 3.00. The van der Waals surface area contributed by atoms with E-state index in [1.54, 1.807) is 19.1 Å². The summed E-state index contributed by atoms with van der Waals surface area (Å²) in [5, 5.41) is 9.17. The quantitative estimate of drug-likeness (QED) is 0.431. The van der Waals surface area contributed by atoms with Crippen molar-refractivity contribution in [3.63, 3.8) is 0 Å². The minimum Gasteiger partial charge on any atom is -0.481 e. The van der Waals surface area contributed by atoms with Gasteiger partial charge in [0.05, 0.1) is 23.3 Å². The zero-order valence-corrected chi connectivity index (χ0v) is 16.7. The van der Waals surface area contributed by atoms with E-state index in [0.29, 0.717) is 19.3 Å². The maximum Gasteiger partial charge on any atom is 0.308 e. The lowest BCUT2D eigenvalue weighted by Gasteiger charge is -2.23. The van der Waals surface area contributed by atoms with Gasteiger partial charge in [-0.1, -0.05) is 32.9 Å². The molecule has 3 unspecified atom stereocenters. The number of carboxylic acid groups (broad SMARTS) is 1. The maximum absolute atomic E-state index is 12.4. The highest BCUT2D eigenvalue weighted by Gasteiger charge is 2.28. The van der Waals surface area contributed by atoms with Crippen molar-refractivity contribution in [2.24, 2.45) is 11.8 Å². The molecule has 0 aromatic heterocycles. The van der Waals surface area contributed by atoms with E-state index in [1.165, 1.54) is 12.1 Å². The summed E-state index contributed by atoms with van der Waals surface area (Å²) in [5.41, 5.74) is 0.821. The van der Waals surface area contributed by atoms with E-state index in [2.05, 4.69) is 0 Å². The molecule has 0 aliphatic rings. The van der Waals surface area contributed by atoms with E-state index >= 15 is 0 Å². The summed E-state index contributed by atoms with van der Waals surface area (Å²) in [4.78, 5) is 23.4. The Kier molecular flexibility index (Phi) is 8.92. The molecule has 0 fully saturated rings. The first-order chi connectivity index (χ1) is 12.6. The van der Waals surface area contributed by atoms with Gasteiger partial charge >= 0.3 is 11.9 Å². The molecule has 0 saturated carbocycles. The Morgan fingerprint density at radius 1 is 1.11 bits per heavy atom. The molecule has 0 radical (unpaired) electrons. The van der Waals surface area contributed by atoms with Gasteiger partial charge in [-0.2, -0.15) is 8.42 Å². The van der Waals surface area contributed by atoms with E-state index in [1.807, 2.05) is 13.8 Å². The number of hydrogen-bond acceptors (Lipinski definition) is 5. The first kappa shape index (κ1) is 23.1. The Labute approximate surface area is 160 Å². The third-order valence-corrected chi connectivity index (χ3v) is 5.42. The van der Waals surface area contributed by atoms with Crippen LogP contribution in [0.3, 0.4) is 0 Å². The summed E-state index contributed by atoms with van der Waals surface area (Å²) in [7, 11) is -4.26. The molecule has 7 nitrogen and oxygen atoms in total. The average Bonchev–Trinajstić information content (AvgIpc) is 2.62. The minimum absolute atomic E-state index is 0.0689. The normalized spacial score (nSPS) is 15.0. The van der Waals surface area contributed by atoms with Gasteiger partial charge in [-0.25, -0.2) is 0 Å². The van der Waals surface area contributed by atoms with Crippen molar-refractivity contribution in [1.82, 2.24) is 0 Å². The van der Waals surface area contributed by atoms with Crippen LogP contribution in [0.25, 0.3) is 0 Å². The topological polar surface area (TPSA) is 118 Å². The van der Waals surface area contributed by atoms with Gasteiger partial charge in [-0.05, 0) is 49.3 Å². The largest absolute Gasteiger partial charge is 0.481 e. The van der Waals surface area contributed by atoms with Crippen molar-refractivity contribution in [2.45, 2.75) is 57.3 Å². The molecule has 1 aromatic rings. The van der Waals surface area contributed by atoms with Crippen molar-refractivity contribution >= 4 is 22.1 Å². The number of carboxylic acids is 1. The molecule has 0 aliphatic heterocycles. The third-order valence-electron chi connectivity index (χ3n) is 4.55. The Hall–Kier alpha value is -1.93.